The van der Waals surface area contributed by atoms with E-state index in [9.17, 15) is 0 Å². The van der Waals surface area contributed by atoms with Gasteiger partial charge < -0.3 is 16.0 Å². The fourth-order valence-corrected chi connectivity index (χ4v) is 2.06. The Morgan fingerprint density at radius 2 is 1.95 bits per heavy atom. The number of nitrogen functional groups attached to an aromatic ring is 1. The zero-order valence-corrected chi connectivity index (χ0v) is 13.1. The summed E-state index contributed by atoms with van der Waals surface area (Å²) in [6.07, 6.45) is 1.03. The van der Waals surface area contributed by atoms with Gasteiger partial charge in [-0.15, -0.1) is 0 Å². The lowest BCUT2D eigenvalue weighted by molar-refractivity contribution is 0.891. The summed E-state index contributed by atoms with van der Waals surface area (Å²) in [5, 5.41) is 3.96. The Labute approximate surface area is 130 Å². The molecule has 1 aromatic heterocycles. The molecule has 2 aromatic rings. The first-order valence-electron chi connectivity index (χ1n) is 6.92. The number of benzene rings is 1. The Hall–Kier alpha value is -2.01. The molecule has 0 aliphatic carbocycles. The van der Waals surface area contributed by atoms with E-state index in [1.165, 1.54) is 0 Å². The predicted molar refractivity (Wildman–Crippen MR) is 88.8 cm³/mol. The van der Waals surface area contributed by atoms with Crippen molar-refractivity contribution in [1.82, 2.24) is 9.97 Å². The monoisotopic (exact) mass is 305 g/mol. The van der Waals surface area contributed by atoms with Gasteiger partial charge in [0.05, 0.1) is 0 Å². The third-order valence-electron chi connectivity index (χ3n) is 3.01. The average Bonchev–Trinajstić information content (AvgIpc) is 2.47. The predicted octanol–water partition coefficient (Wildman–Crippen LogP) is 3.17. The van der Waals surface area contributed by atoms with Crippen molar-refractivity contribution in [1.29, 1.82) is 0 Å². The Kier molecular flexibility index (Phi) is 5.22. The van der Waals surface area contributed by atoms with E-state index in [1.54, 1.807) is 0 Å². The number of nitrogens with zero attached hydrogens (tertiary/aromatic N) is 3. The van der Waals surface area contributed by atoms with Gasteiger partial charge in [0.25, 0.3) is 0 Å². The number of halogens is 1. The van der Waals surface area contributed by atoms with Gasteiger partial charge in [-0.3, -0.25) is 0 Å². The number of hydrogen-bond donors (Lipinski definition) is 2. The third-order valence-corrected chi connectivity index (χ3v) is 3.26. The van der Waals surface area contributed by atoms with Gasteiger partial charge in [-0.05, 0) is 24.1 Å². The fraction of sp³-hybridized carbons (Fsp3) is 0.333. The van der Waals surface area contributed by atoms with Crippen molar-refractivity contribution in [2.75, 3.05) is 29.5 Å². The van der Waals surface area contributed by atoms with Crippen LogP contribution >= 0.6 is 11.6 Å². The summed E-state index contributed by atoms with van der Waals surface area (Å²) in [6, 6.07) is 9.67. The Morgan fingerprint density at radius 1 is 1.24 bits per heavy atom. The van der Waals surface area contributed by atoms with Crippen LogP contribution in [-0.2, 0) is 6.54 Å². The highest BCUT2D eigenvalue weighted by Gasteiger charge is 2.07. The van der Waals surface area contributed by atoms with Gasteiger partial charge in [-0.2, -0.15) is 9.97 Å². The molecule has 2 rings (SSSR count). The molecule has 21 heavy (non-hydrogen) atoms. The van der Waals surface area contributed by atoms with Crippen molar-refractivity contribution in [2.24, 2.45) is 0 Å². The van der Waals surface area contributed by atoms with E-state index in [0.717, 1.165) is 41.7 Å². The lowest BCUT2D eigenvalue weighted by atomic mass is 10.2. The molecule has 3 N–H and O–H groups in total. The van der Waals surface area contributed by atoms with Gasteiger partial charge in [0.1, 0.15) is 11.6 Å². The van der Waals surface area contributed by atoms with E-state index in [-0.39, 0.29) is 5.95 Å². The van der Waals surface area contributed by atoms with Crippen LogP contribution in [0.15, 0.2) is 30.3 Å². The highest BCUT2D eigenvalue weighted by Crippen LogP contribution is 2.18. The van der Waals surface area contributed by atoms with E-state index in [2.05, 4.69) is 22.2 Å². The number of hydrogen-bond acceptors (Lipinski definition) is 5. The van der Waals surface area contributed by atoms with Crippen molar-refractivity contribution in [3.63, 3.8) is 0 Å². The maximum Gasteiger partial charge on any atom is 0.223 e. The molecule has 1 heterocycles. The lowest BCUT2D eigenvalue weighted by Crippen LogP contribution is -2.19. The van der Waals surface area contributed by atoms with Crippen LogP contribution in [0, 0.1) is 0 Å². The van der Waals surface area contributed by atoms with Crippen LogP contribution in [0.3, 0.4) is 0 Å². The Bertz CT molecular complexity index is 585. The molecule has 5 nitrogen and oxygen atoms in total. The van der Waals surface area contributed by atoms with Crippen LogP contribution in [0.4, 0.5) is 17.6 Å². The third kappa shape index (κ3) is 4.49. The smallest absolute Gasteiger partial charge is 0.223 e. The largest absolute Gasteiger partial charge is 0.370 e. The van der Waals surface area contributed by atoms with E-state index in [0.29, 0.717) is 0 Å². The highest BCUT2D eigenvalue weighted by molar-refractivity contribution is 6.30. The van der Waals surface area contributed by atoms with Crippen molar-refractivity contribution in [3.05, 3.63) is 40.9 Å². The molecule has 112 valence electrons. The number of nitrogens with one attached hydrogen (secondary N) is 1. The molecule has 0 aliphatic heterocycles. The maximum absolute atomic E-state index is 5.90. The van der Waals surface area contributed by atoms with Crippen molar-refractivity contribution in [3.8, 4) is 0 Å². The minimum absolute atomic E-state index is 0.272. The molecule has 6 heteroatoms. The van der Waals surface area contributed by atoms with Crippen molar-refractivity contribution < 1.29 is 0 Å². The first kappa shape index (κ1) is 15.4. The molecule has 0 spiro atoms. The second-order valence-electron chi connectivity index (χ2n) is 4.88. The summed E-state index contributed by atoms with van der Waals surface area (Å²) >= 11 is 5.90. The second kappa shape index (κ2) is 7.13. The van der Waals surface area contributed by atoms with Crippen LogP contribution in [-0.4, -0.2) is 23.6 Å². The topological polar surface area (TPSA) is 67.1 Å². The molecule has 0 saturated carbocycles. The van der Waals surface area contributed by atoms with Crippen LogP contribution in [0.5, 0.6) is 0 Å². The minimum Gasteiger partial charge on any atom is -0.370 e. The quantitative estimate of drug-likeness (QED) is 0.858. The number of rotatable bonds is 6. The summed E-state index contributed by atoms with van der Waals surface area (Å²) in [5.41, 5.74) is 6.93. The summed E-state index contributed by atoms with van der Waals surface area (Å²) in [6.45, 7) is 3.68. The minimum atomic E-state index is 0.272. The molecular weight excluding hydrogens is 286 g/mol. The van der Waals surface area contributed by atoms with Gasteiger partial charge in [0, 0.05) is 31.2 Å². The lowest BCUT2D eigenvalue weighted by Gasteiger charge is -2.19. The standard InChI is InChI=1S/C15H20ClN5/c1-3-8-18-13-9-14(20-15(17)19-13)21(2)10-11-4-6-12(16)7-5-11/h4-7,9H,3,8,10H2,1-2H3,(H3,17,18,19,20). The van der Waals surface area contributed by atoms with Gasteiger partial charge in [0.15, 0.2) is 0 Å². The molecule has 0 unspecified atom stereocenters. The number of nitrogens with two attached hydrogens (primary N) is 1. The first-order chi connectivity index (χ1) is 10.1. The molecule has 0 aliphatic rings. The maximum atomic E-state index is 5.90. The number of aromatic nitrogens is 2. The Morgan fingerprint density at radius 3 is 2.62 bits per heavy atom. The molecule has 0 fully saturated rings. The van der Waals surface area contributed by atoms with E-state index >= 15 is 0 Å². The molecule has 0 bridgehead atoms. The van der Waals surface area contributed by atoms with Gasteiger partial charge in [-0.25, -0.2) is 0 Å². The van der Waals surface area contributed by atoms with Crippen LogP contribution < -0.4 is 16.0 Å². The van der Waals surface area contributed by atoms with E-state index in [1.807, 2.05) is 42.3 Å². The summed E-state index contributed by atoms with van der Waals surface area (Å²) in [7, 11) is 1.97. The molecule has 1 aromatic carbocycles. The van der Waals surface area contributed by atoms with Crippen molar-refractivity contribution >= 4 is 29.2 Å². The van der Waals surface area contributed by atoms with Crippen LogP contribution in [0.2, 0.25) is 5.02 Å². The van der Waals surface area contributed by atoms with Gasteiger partial charge in [-0.1, -0.05) is 30.7 Å². The number of anilines is 3. The Balaban J connectivity index is 2.12. The second-order valence-corrected chi connectivity index (χ2v) is 5.32. The average molecular weight is 306 g/mol. The van der Waals surface area contributed by atoms with Crippen LogP contribution in [0.1, 0.15) is 18.9 Å². The zero-order valence-electron chi connectivity index (χ0n) is 12.3. The molecular formula is C15H20ClN5. The fourth-order valence-electron chi connectivity index (χ4n) is 1.94. The van der Waals surface area contributed by atoms with E-state index in [4.69, 9.17) is 17.3 Å². The molecule has 0 amide bonds. The molecule has 0 saturated heterocycles. The van der Waals surface area contributed by atoms with E-state index < -0.39 is 0 Å². The summed E-state index contributed by atoms with van der Waals surface area (Å²) in [4.78, 5) is 10.5. The zero-order chi connectivity index (χ0) is 15.2. The van der Waals surface area contributed by atoms with Gasteiger partial charge >= 0.3 is 0 Å². The van der Waals surface area contributed by atoms with Crippen LogP contribution in [0.25, 0.3) is 0 Å². The highest BCUT2D eigenvalue weighted by atomic mass is 35.5. The molecule has 0 radical (unpaired) electrons. The first-order valence-corrected chi connectivity index (χ1v) is 7.30. The van der Waals surface area contributed by atoms with Crippen molar-refractivity contribution in [2.45, 2.75) is 19.9 Å². The molecule has 0 atom stereocenters. The summed E-state index contributed by atoms with van der Waals surface area (Å²) in [5.74, 6) is 1.81. The SMILES string of the molecule is CCCNc1cc(N(C)Cc2ccc(Cl)cc2)nc(N)n1. The normalized spacial score (nSPS) is 10.4. The summed E-state index contributed by atoms with van der Waals surface area (Å²) < 4.78 is 0. The van der Waals surface area contributed by atoms with Gasteiger partial charge in [0.2, 0.25) is 5.95 Å².